The summed E-state index contributed by atoms with van der Waals surface area (Å²) in [5, 5.41) is 0. The monoisotopic (exact) mass is 500 g/mol. The number of rotatable bonds is 8. The van der Waals surface area contributed by atoms with Crippen molar-refractivity contribution in [1.29, 1.82) is 0 Å². The van der Waals surface area contributed by atoms with Gasteiger partial charge in [0.05, 0.1) is 19.5 Å². The highest BCUT2D eigenvalue weighted by molar-refractivity contribution is 5.81. The lowest BCUT2D eigenvalue weighted by atomic mass is 9.82. The molecule has 2 aromatic rings. The number of carbonyl (C=O) groups excluding carboxylic acids is 1. The van der Waals surface area contributed by atoms with Crippen molar-refractivity contribution in [2.24, 2.45) is 11.8 Å². The van der Waals surface area contributed by atoms with Crippen molar-refractivity contribution >= 4 is 5.97 Å². The molecule has 1 aliphatic rings. The summed E-state index contributed by atoms with van der Waals surface area (Å²) in [6.07, 6.45) is 6.51. The smallest absolute Gasteiger partial charge is 0.330 e. The Kier molecular flexibility index (Phi) is 10.6. The molecule has 0 aliphatic heterocycles. The van der Waals surface area contributed by atoms with Gasteiger partial charge in [0, 0.05) is 34.2 Å². The van der Waals surface area contributed by atoms with Crippen molar-refractivity contribution in [1.82, 2.24) is 0 Å². The molecule has 4 nitrogen and oxygen atoms in total. The van der Waals surface area contributed by atoms with E-state index in [2.05, 4.69) is 49.0 Å². The zero-order valence-electron chi connectivity index (χ0n) is 21.6. The van der Waals surface area contributed by atoms with Gasteiger partial charge in [-0.25, -0.2) is 9.18 Å². The molecular weight excluding hydrogens is 467 g/mol. The van der Waals surface area contributed by atoms with Crippen LogP contribution in [0.4, 0.5) is 4.39 Å². The molecule has 0 heterocycles. The van der Waals surface area contributed by atoms with E-state index in [0.717, 1.165) is 47.9 Å². The Labute approximate surface area is 219 Å². The van der Waals surface area contributed by atoms with Crippen LogP contribution in [0.2, 0.25) is 0 Å². The van der Waals surface area contributed by atoms with Crippen LogP contribution >= 0.6 is 0 Å². The van der Waals surface area contributed by atoms with Gasteiger partial charge in [0.2, 0.25) is 0 Å². The molecule has 0 amide bonds. The second kappa shape index (κ2) is 14.1. The van der Waals surface area contributed by atoms with Crippen LogP contribution in [0.5, 0.6) is 0 Å². The van der Waals surface area contributed by atoms with Crippen LogP contribution in [-0.2, 0) is 25.6 Å². The predicted octanol–water partition coefficient (Wildman–Crippen LogP) is 6.36. The molecule has 1 saturated carbocycles. The van der Waals surface area contributed by atoms with E-state index in [4.69, 9.17) is 14.2 Å². The highest BCUT2D eigenvalue weighted by Crippen LogP contribution is 2.28. The maximum absolute atomic E-state index is 14.4. The van der Waals surface area contributed by atoms with Crippen LogP contribution in [0.3, 0.4) is 0 Å². The van der Waals surface area contributed by atoms with Crippen LogP contribution in [-0.4, -0.2) is 19.4 Å². The van der Waals surface area contributed by atoms with Gasteiger partial charge in [0.15, 0.2) is 6.79 Å². The zero-order valence-corrected chi connectivity index (χ0v) is 21.6. The molecule has 5 heteroatoms. The molecule has 1 aliphatic carbocycles. The average molecular weight is 501 g/mol. The Hall–Kier alpha value is -3.80. The third-order valence-electron chi connectivity index (χ3n) is 6.34. The summed E-state index contributed by atoms with van der Waals surface area (Å²) in [4.78, 5) is 11.2. The number of carbonyl (C=O) groups is 1. The molecular formula is C32H33FO4. The fourth-order valence-corrected chi connectivity index (χ4v) is 4.28. The SMILES string of the molecule is C=COCOCc1ccc(C#Cc2c(C)cc(C#CC3CCC(COC(=O)C=C)CC3)cc2C)cc1F. The summed E-state index contributed by atoms with van der Waals surface area (Å²) in [5.41, 5.74) is 5.02. The molecule has 2 aromatic carbocycles. The number of hydrogen-bond donors (Lipinski definition) is 0. The van der Waals surface area contributed by atoms with Crippen LogP contribution in [0.15, 0.2) is 55.8 Å². The van der Waals surface area contributed by atoms with E-state index in [0.29, 0.717) is 29.6 Å². The topological polar surface area (TPSA) is 44.8 Å². The van der Waals surface area contributed by atoms with Crippen LogP contribution in [0, 0.1) is 55.2 Å². The first-order valence-corrected chi connectivity index (χ1v) is 12.4. The quantitative estimate of drug-likeness (QED) is 0.106. The van der Waals surface area contributed by atoms with Crippen molar-refractivity contribution in [3.63, 3.8) is 0 Å². The molecule has 192 valence electrons. The first-order valence-electron chi connectivity index (χ1n) is 12.4. The lowest BCUT2D eigenvalue weighted by molar-refractivity contribution is -0.139. The third kappa shape index (κ3) is 8.67. The molecule has 0 N–H and O–H groups in total. The summed E-state index contributed by atoms with van der Waals surface area (Å²) < 4.78 is 29.7. The lowest BCUT2D eigenvalue weighted by Crippen LogP contribution is -2.19. The summed E-state index contributed by atoms with van der Waals surface area (Å²) in [6, 6.07) is 8.98. The second-order valence-corrected chi connectivity index (χ2v) is 9.16. The molecule has 37 heavy (non-hydrogen) atoms. The van der Waals surface area contributed by atoms with Crippen molar-refractivity contribution in [3.8, 4) is 23.7 Å². The number of halogens is 1. The fraction of sp³-hybridized carbons (Fsp3) is 0.344. The Balaban J connectivity index is 1.60. The number of hydrogen-bond acceptors (Lipinski definition) is 4. The zero-order chi connectivity index (χ0) is 26.6. The number of ether oxygens (including phenoxy) is 3. The summed E-state index contributed by atoms with van der Waals surface area (Å²) in [5.74, 6) is 13.1. The van der Waals surface area contributed by atoms with E-state index in [1.165, 1.54) is 18.4 Å². The fourth-order valence-electron chi connectivity index (χ4n) is 4.28. The van der Waals surface area contributed by atoms with Gasteiger partial charge < -0.3 is 14.2 Å². The largest absolute Gasteiger partial charge is 0.476 e. The molecule has 0 atom stereocenters. The molecule has 3 rings (SSSR count). The summed E-state index contributed by atoms with van der Waals surface area (Å²) in [6.45, 7) is 11.5. The van der Waals surface area contributed by atoms with E-state index in [-0.39, 0.29) is 25.2 Å². The van der Waals surface area contributed by atoms with Gasteiger partial charge in [-0.2, -0.15) is 0 Å². The molecule has 0 spiro atoms. The Morgan fingerprint density at radius 2 is 1.76 bits per heavy atom. The maximum atomic E-state index is 14.4. The highest BCUT2D eigenvalue weighted by Gasteiger charge is 2.20. The first kappa shape index (κ1) is 27.8. The molecule has 0 unspecified atom stereocenters. The van der Waals surface area contributed by atoms with Crippen molar-refractivity contribution in [2.75, 3.05) is 13.4 Å². The van der Waals surface area contributed by atoms with Gasteiger partial charge in [-0.05, 0) is 80.8 Å². The molecule has 0 radical (unpaired) electrons. The van der Waals surface area contributed by atoms with Gasteiger partial charge in [-0.15, -0.1) is 0 Å². The van der Waals surface area contributed by atoms with E-state index in [1.807, 2.05) is 13.8 Å². The average Bonchev–Trinajstić information content (AvgIpc) is 2.89. The minimum absolute atomic E-state index is 0.0273. The lowest BCUT2D eigenvalue weighted by Gasteiger charge is -2.25. The van der Waals surface area contributed by atoms with Gasteiger partial charge in [-0.3, -0.25) is 0 Å². The van der Waals surface area contributed by atoms with Crippen LogP contribution in [0.25, 0.3) is 0 Å². The first-order chi connectivity index (χ1) is 17.9. The number of aryl methyl sites for hydroxylation is 2. The van der Waals surface area contributed by atoms with Crippen LogP contribution < -0.4 is 0 Å². The van der Waals surface area contributed by atoms with E-state index in [9.17, 15) is 9.18 Å². The Bertz CT molecular complexity index is 1220. The predicted molar refractivity (Wildman–Crippen MR) is 143 cm³/mol. The maximum Gasteiger partial charge on any atom is 0.330 e. The molecule has 0 saturated heterocycles. The minimum Gasteiger partial charge on any atom is -0.476 e. The van der Waals surface area contributed by atoms with Crippen molar-refractivity contribution in [2.45, 2.75) is 46.1 Å². The molecule has 0 bridgehead atoms. The van der Waals surface area contributed by atoms with Gasteiger partial charge >= 0.3 is 5.97 Å². The molecule has 0 aromatic heterocycles. The van der Waals surface area contributed by atoms with E-state index < -0.39 is 0 Å². The minimum atomic E-state index is -0.365. The summed E-state index contributed by atoms with van der Waals surface area (Å²) >= 11 is 0. The normalized spacial score (nSPS) is 16.4. The standard InChI is InChI=1S/C32H33FO4/c1-5-32(34)37-20-27-10-7-25(8-11-27)9-12-28-17-23(3)30(24(4)18-28)16-14-26-13-15-29(31(33)19-26)21-36-22-35-6-2/h5-6,13,15,17-19,25,27H,1-2,7-8,10-11,20-22H2,3-4H3. The Morgan fingerprint density at radius 1 is 1.03 bits per heavy atom. The van der Waals surface area contributed by atoms with Crippen molar-refractivity contribution < 1.29 is 23.4 Å². The highest BCUT2D eigenvalue weighted by atomic mass is 19.1. The van der Waals surface area contributed by atoms with Gasteiger partial charge in [0.25, 0.3) is 0 Å². The molecule has 1 fully saturated rings. The second-order valence-electron chi connectivity index (χ2n) is 9.16. The van der Waals surface area contributed by atoms with E-state index in [1.54, 1.807) is 12.1 Å². The number of benzene rings is 2. The Morgan fingerprint density at radius 3 is 2.41 bits per heavy atom. The van der Waals surface area contributed by atoms with Gasteiger partial charge in [0.1, 0.15) is 5.82 Å². The number of esters is 1. The van der Waals surface area contributed by atoms with Gasteiger partial charge in [-0.1, -0.05) is 42.9 Å². The van der Waals surface area contributed by atoms with Crippen LogP contribution in [0.1, 0.15) is 59.1 Å². The summed E-state index contributed by atoms with van der Waals surface area (Å²) in [7, 11) is 0. The van der Waals surface area contributed by atoms with E-state index >= 15 is 0 Å². The third-order valence-corrected chi connectivity index (χ3v) is 6.34. The van der Waals surface area contributed by atoms with Crippen molar-refractivity contribution in [3.05, 3.63) is 95.0 Å².